The van der Waals surface area contributed by atoms with Crippen molar-refractivity contribution in [3.05, 3.63) is 0 Å². The van der Waals surface area contributed by atoms with Crippen molar-refractivity contribution in [1.82, 2.24) is 0 Å². The highest BCUT2D eigenvalue weighted by Crippen LogP contribution is 2.22. The second-order valence-electron chi connectivity index (χ2n) is 6.06. The normalized spacial score (nSPS) is 31.2. The van der Waals surface area contributed by atoms with Crippen LogP contribution in [-0.2, 0) is 14.3 Å². The molecule has 7 heteroatoms. The van der Waals surface area contributed by atoms with Gasteiger partial charge >= 0.3 is 0 Å². The summed E-state index contributed by atoms with van der Waals surface area (Å²) in [6, 6.07) is 0. The largest absolute Gasteiger partial charge is 0.547 e. The maximum atomic E-state index is 10.8. The second-order valence-corrected chi connectivity index (χ2v) is 6.06. The summed E-state index contributed by atoms with van der Waals surface area (Å²) in [4.78, 5) is 10.8. The molecule has 136 valence electrons. The van der Waals surface area contributed by atoms with Gasteiger partial charge in [-0.05, 0) is 6.42 Å². The number of carbonyl (C=O) groups is 1. The number of carbonyl (C=O) groups excluding carboxylic acids is 1. The van der Waals surface area contributed by atoms with Crippen LogP contribution in [0.25, 0.3) is 0 Å². The van der Waals surface area contributed by atoms with Crippen LogP contribution in [0.3, 0.4) is 0 Å². The Bertz CT molecular complexity index is 336. The first kappa shape index (κ1) is 20.3. The van der Waals surface area contributed by atoms with E-state index >= 15 is 0 Å². The molecule has 0 spiro atoms. The summed E-state index contributed by atoms with van der Waals surface area (Å²) in [5.41, 5.74) is 0. The zero-order valence-corrected chi connectivity index (χ0v) is 13.7. The van der Waals surface area contributed by atoms with Gasteiger partial charge in [0.1, 0.15) is 24.4 Å². The van der Waals surface area contributed by atoms with Gasteiger partial charge in [-0.25, -0.2) is 0 Å². The predicted octanol–water partition coefficient (Wildman–Crippen LogP) is -0.299. The van der Waals surface area contributed by atoms with Gasteiger partial charge in [-0.2, -0.15) is 0 Å². The molecule has 0 aromatic carbocycles. The van der Waals surface area contributed by atoms with Gasteiger partial charge in [-0.15, -0.1) is 0 Å². The molecular weight excluding hydrogens is 304 g/mol. The summed E-state index contributed by atoms with van der Waals surface area (Å²) < 4.78 is 10.3. The Labute approximate surface area is 137 Å². The van der Waals surface area contributed by atoms with Gasteiger partial charge in [0, 0.05) is 6.61 Å². The third-order valence-electron chi connectivity index (χ3n) is 4.08. The van der Waals surface area contributed by atoms with Gasteiger partial charge in [0.25, 0.3) is 0 Å². The number of unbranched alkanes of at least 4 members (excludes halogenated alkanes) is 7. The van der Waals surface area contributed by atoms with E-state index in [1.165, 1.54) is 32.1 Å². The fraction of sp³-hybridized carbons (Fsp3) is 0.938. The van der Waals surface area contributed by atoms with Crippen LogP contribution >= 0.6 is 0 Å². The van der Waals surface area contributed by atoms with Crippen molar-refractivity contribution in [2.75, 3.05) is 6.61 Å². The SMILES string of the molecule is CCCCCCCCCCO[C@H]1OC(C(=O)[O-])[C@H](O)C(O)C1O. The molecular formula is C16H29O7-. The molecule has 1 fully saturated rings. The Hall–Kier alpha value is -0.730. The number of aliphatic hydroxyl groups is 3. The average molecular weight is 333 g/mol. The highest BCUT2D eigenvalue weighted by Gasteiger charge is 2.44. The first-order chi connectivity index (χ1) is 11.0. The van der Waals surface area contributed by atoms with Gasteiger partial charge in [-0.1, -0.05) is 51.9 Å². The molecule has 1 saturated heterocycles. The number of rotatable bonds is 11. The standard InChI is InChI=1S/C16H30O7/c1-2-3-4-5-6-7-8-9-10-22-16-13(19)11(17)12(18)14(23-16)15(20)21/h11-14,16-19H,2-10H2,1H3,(H,20,21)/p-1/t11?,12-,13?,14?,16+/m1/s1. The zero-order valence-electron chi connectivity index (χ0n) is 13.7. The van der Waals surface area contributed by atoms with Crippen LogP contribution in [0.5, 0.6) is 0 Å². The Morgan fingerprint density at radius 3 is 2.09 bits per heavy atom. The van der Waals surface area contributed by atoms with Crippen molar-refractivity contribution in [3.63, 3.8) is 0 Å². The smallest absolute Gasteiger partial charge is 0.186 e. The molecule has 0 radical (unpaired) electrons. The third-order valence-corrected chi connectivity index (χ3v) is 4.08. The van der Waals surface area contributed by atoms with E-state index in [2.05, 4.69) is 6.92 Å². The predicted molar refractivity (Wildman–Crippen MR) is 80.3 cm³/mol. The van der Waals surface area contributed by atoms with Crippen LogP contribution in [0.4, 0.5) is 0 Å². The lowest BCUT2D eigenvalue weighted by molar-refractivity contribution is -0.349. The van der Waals surface area contributed by atoms with E-state index < -0.39 is 36.7 Å². The first-order valence-electron chi connectivity index (χ1n) is 8.51. The number of carboxylic acids is 1. The van der Waals surface area contributed by atoms with Crippen LogP contribution in [0.1, 0.15) is 58.3 Å². The number of ether oxygens (including phenoxy) is 2. The molecule has 0 aliphatic carbocycles. The van der Waals surface area contributed by atoms with Crippen molar-refractivity contribution in [2.24, 2.45) is 0 Å². The van der Waals surface area contributed by atoms with Gasteiger partial charge in [-0.3, -0.25) is 0 Å². The molecule has 1 aliphatic rings. The molecule has 1 heterocycles. The molecule has 3 N–H and O–H groups in total. The summed E-state index contributed by atoms with van der Waals surface area (Å²) in [6.45, 7) is 2.47. The molecule has 5 atom stereocenters. The van der Waals surface area contributed by atoms with Crippen LogP contribution < -0.4 is 5.11 Å². The number of hydrogen-bond donors (Lipinski definition) is 3. The van der Waals surface area contributed by atoms with Crippen LogP contribution in [0, 0.1) is 0 Å². The van der Waals surface area contributed by atoms with Crippen LogP contribution in [0.15, 0.2) is 0 Å². The number of carboxylic acid groups (broad SMARTS) is 1. The highest BCUT2D eigenvalue weighted by atomic mass is 16.7. The Morgan fingerprint density at radius 1 is 0.957 bits per heavy atom. The summed E-state index contributed by atoms with van der Waals surface area (Å²) in [5, 5.41) is 39.7. The zero-order chi connectivity index (χ0) is 17.2. The molecule has 23 heavy (non-hydrogen) atoms. The van der Waals surface area contributed by atoms with E-state index in [0.717, 1.165) is 19.3 Å². The van der Waals surface area contributed by atoms with Crippen molar-refractivity contribution in [3.8, 4) is 0 Å². The minimum absolute atomic E-state index is 0.291. The highest BCUT2D eigenvalue weighted by molar-refractivity contribution is 5.71. The Balaban J connectivity index is 2.19. The molecule has 1 rings (SSSR count). The molecule has 0 aromatic heterocycles. The summed E-state index contributed by atoms with van der Waals surface area (Å²) in [5.74, 6) is -1.65. The quantitative estimate of drug-likeness (QED) is 0.444. The maximum absolute atomic E-state index is 10.8. The summed E-state index contributed by atoms with van der Waals surface area (Å²) in [7, 11) is 0. The minimum atomic E-state index is -1.74. The van der Waals surface area contributed by atoms with E-state index in [0.29, 0.717) is 6.61 Å². The fourth-order valence-electron chi connectivity index (χ4n) is 2.62. The van der Waals surface area contributed by atoms with E-state index in [-0.39, 0.29) is 0 Å². The Kier molecular flexibility index (Phi) is 9.66. The van der Waals surface area contributed by atoms with Gasteiger partial charge < -0.3 is 34.7 Å². The lowest BCUT2D eigenvalue weighted by atomic mass is 9.99. The topological polar surface area (TPSA) is 119 Å². The lowest BCUT2D eigenvalue weighted by Crippen LogP contribution is -2.62. The lowest BCUT2D eigenvalue weighted by Gasteiger charge is -2.40. The third kappa shape index (κ3) is 6.73. The Morgan fingerprint density at radius 2 is 1.52 bits per heavy atom. The molecule has 3 unspecified atom stereocenters. The summed E-state index contributed by atoms with van der Waals surface area (Å²) >= 11 is 0. The van der Waals surface area contributed by atoms with Crippen molar-refractivity contribution >= 4 is 5.97 Å². The first-order valence-corrected chi connectivity index (χ1v) is 8.51. The maximum Gasteiger partial charge on any atom is 0.186 e. The number of aliphatic hydroxyl groups excluding tert-OH is 3. The van der Waals surface area contributed by atoms with Gasteiger partial charge in [0.2, 0.25) is 0 Å². The molecule has 0 bridgehead atoms. The molecule has 0 amide bonds. The van der Waals surface area contributed by atoms with Gasteiger partial charge in [0.15, 0.2) is 6.29 Å². The minimum Gasteiger partial charge on any atom is -0.547 e. The number of hydrogen-bond acceptors (Lipinski definition) is 7. The summed E-state index contributed by atoms with van der Waals surface area (Å²) in [6.07, 6.45) is 1.15. The van der Waals surface area contributed by atoms with Crippen LogP contribution in [-0.4, -0.2) is 58.6 Å². The molecule has 0 aromatic rings. The van der Waals surface area contributed by atoms with Crippen molar-refractivity contribution in [1.29, 1.82) is 0 Å². The van der Waals surface area contributed by atoms with E-state index in [1.807, 2.05) is 0 Å². The average Bonchev–Trinajstić information content (AvgIpc) is 2.52. The van der Waals surface area contributed by atoms with Crippen LogP contribution in [0.2, 0.25) is 0 Å². The fourth-order valence-corrected chi connectivity index (χ4v) is 2.62. The van der Waals surface area contributed by atoms with E-state index in [1.54, 1.807) is 0 Å². The monoisotopic (exact) mass is 333 g/mol. The van der Waals surface area contributed by atoms with E-state index in [9.17, 15) is 25.2 Å². The van der Waals surface area contributed by atoms with Crippen molar-refractivity contribution in [2.45, 2.75) is 89.0 Å². The molecule has 0 saturated carbocycles. The molecule has 7 nitrogen and oxygen atoms in total. The second kappa shape index (κ2) is 10.9. The van der Waals surface area contributed by atoms with Crippen molar-refractivity contribution < 1.29 is 34.7 Å². The van der Waals surface area contributed by atoms with E-state index in [4.69, 9.17) is 9.47 Å². The van der Waals surface area contributed by atoms with Gasteiger partial charge in [0.05, 0.1) is 5.97 Å². The molecule has 1 aliphatic heterocycles. The number of aliphatic carboxylic acids is 1.